The zero-order chi connectivity index (χ0) is 17.3. The Bertz CT molecular complexity index is 755. The average molecular weight is 327 g/mol. The zero-order valence-electron chi connectivity index (χ0n) is 14.8. The first kappa shape index (κ1) is 16.7. The molecule has 128 valence electrons. The minimum Gasteiger partial charge on any atom is -0.504 e. The molecule has 1 unspecified atom stereocenters. The van der Waals surface area contributed by atoms with E-state index in [2.05, 4.69) is 31.3 Å². The fourth-order valence-corrected chi connectivity index (χ4v) is 3.47. The summed E-state index contributed by atoms with van der Waals surface area (Å²) >= 11 is 0. The number of nitrogens with one attached hydrogen (secondary N) is 1. The third-order valence-corrected chi connectivity index (χ3v) is 4.87. The first-order chi connectivity index (χ1) is 11.5. The van der Waals surface area contributed by atoms with Crippen molar-refractivity contribution in [3.05, 3.63) is 52.1 Å². The molecule has 2 aromatic rings. The predicted molar refractivity (Wildman–Crippen MR) is 95.3 cm³/mol. The summed E-state index contributed by atoms with van der Waals surface area (Å²) in [7, 11) is 3.11. The molecule has 24 heavy (non-hydrogen) atoms. The largest absolute Gasteiger partial charge is 0.504 e. The van der Waals surface area contributed by atoms with Gasteiger partial charge >= 0.3 is 0 Å². The van der Waals surface area contributed by atoms with Gasteiger partial charge in [0.25, 0.3) is 0 Å². The summed E-state index contributed by atoms with van der Waals surface area (Å²) in [6.45, 7) is 5.29. The van der Waals surface area contributed by atoms with Gasteiger partial charge in [-0.3, -0.25) is 0 Å². The molecule has 1 atom stereocenters. The van der Waals surface area contributed by atoms with E-state index in [0.717, 1.165) is 24.9 Å². The number of phenolic OH excluding ortho intramolecular Hbond substituents is 1. The van der Waals surface area contributed by atoms with Crippen molar-refractivity contribution in [3.63, 3.8) is 0 Å². The topological polar surface area (TPSA) is 50.7 Å². The second kappa shape index (κ2) is 6.73. The number of hydrogen-bond acceptors (Lipinski definition) is 4. The fourth-order valence-electron chi connectivity index (χ4n) is 3.47. The van der Waals surface area contributed by atoms with E-state index in [9.17, 15) is 5.11 Å². The highest BCUT2D eigenvalue weighted by molar-refractivity contribution is 5.53. The maximum Gasteiger partial charge on any atom is 0.203 e. The second-order valence-corrected chi connectivity index (χ2v) is 6.45. The smallest absolute Gasteiger partial charge is 0.203 e. The Hall–Kier alpha value is -2.20. The van der Waals surface area contributed by atoms with Crippen LogP contribution in [0.15, 0.2) is 24.3 Å². The van der Waals surface area contributed by atoms with Crippen molar-refractivity contribution >= 4 is 0 Å². The second-order valence-electron chi connectivity index (χ2n) is 6.45. The molecule has 2 N–H and O–H groups in total. The number of hydrogen-bond donors (Lipinski definition) is 2. The Morgan fingerprint density at radius 3 is 2.54 bits per heavy atom. The van der Waals surface area contributed by atoms with Crippen LogP contribution in [-0.4, -0.2) is 25.9 Å². The van der Waals surface area contributed by atoms with Crippen molar-refractivity contribution < 1.29 is 14.6 Å². The van der Waals surface area contributed by atoms with Crippen LogP contribution in [0.3, 0.4) is 0 Å². The van der Waals surface area contributed by atoms with Crippen LogP contribution in [0, 0.1) is 13.8 Å². The molecular formula is C20H25NO3. The number of rotatable bonds is 4. The Balaban J connectivity index is 1.93. The molecule has 0 saturated heterocycles. The molecule has 4 heteroatoms. The van der Waals surface area contributed by atoms with Crippen molar-refractivity contribution in [1.29, 1.82) is 0 Å². The van der Waals surface area contributed by atoms with Gasteiger partial charge in [0.1, 0.15) is 0 Å². The van der Waals surface area contributed by atoms with Gasteiger partial charge in [0.05, 0.1) is 14.2 Å². The summed E-state index contributed by atoms with van der Waals surface area (Å²) in [5.41, 5.74) is 6.47. The molecule has 2 aromatic carbocycles. The number of fused-ring (bicyclic) bond motifs is 1. The lowest BCUT2D eigenvalue weighted by molar-refractivity contribution is 0.332. The molecule has 0 saturated carbocycles. The van der Waals surface area contributed by atoms with Crippen LogP contribution < -0.4 is 14.8 Å². The monoisotopic (exact) mass is 327 g/mol. The van der Waals surface area contributed by atoms with Gasteiger partial charge in [-0.2, -0.15) is 0 Å². The minimum atomic E-state index is 0.114. The highest BCUT2D eigenvalue weighted by Crippen LogP contribution is 2.39. The van der Waals surface area contributed by atoms with Crippen molar-refractivity contribution in [2.45, 2.75) is 32.7 Å². The van der Waals surface area contributed by atoms with Gasteiger partial charge in [-0.05, 0) is 73.2 Å². The lowest BCUT2D eigenvalue weighted by Gasteiger charge is -2.28. The Kier molecular flexibility index (Phi) is 4.67. The quantitative estimate of drug-likeness (QED) is 0.903. The first-order valence-corrected chi connectivity index (χ1v) is 8.30. The van der Waals surface area contributed by atoms with Crippen LogP contribution in [-0.2, 0) is 12.8 Å². The van der Waals surface area contributed by atoms with Crippen LogP contribution in [0.4, 0.5) is 0 Å². The maximum atomic E-state index is 10.2. The number of aryl methyl sites for hydroxylation is 2. The summed E-state index contributed by atoms with van der Waals surface area (Å²) in [5, 5.41) is 13.8. The van der Waals surface area contributed by atoms with E-state index in [4.69, 9.17) is 9.47 Å². The summed E-state index contributed by atoms with van der Waals surface area (Å²) in [5.74, 6) is 1.05. The number of ether oxygens (including phenoxy) is 2. The van der Waals surface area contributed by atoms with Crippen molar-refractivity contribution in [2.24, 2.45) is 0 Å². The molecule has 3 rings (SSSR count). The first-order valence-electron chi connectivity index (χ1n) is 8.30. The number of benzene rings is 2. The predicted octanol–water partition coefficient (Wildman–Crippen LogP) is 3.46. The molecule has 0 spiro atoms. The van der Waals surface area contributed by atoms with E-state index in [1.54, 1.807) is 13.2 Å². The van der Waals surface area contributed by atoms with Gasteiger partial charge in [-0.25, -0.2) is 0 Å². The number of aromatic hydroxyl groups is 1. The van der Waals surface area contributed by atoms with Gasteiger partial charge in [0.15, 0.2) is 11.5 Å². The van der Waals surface area contributed by atoms with Crippen molar-refractivity contribution in [2.75, 3.05) is 20.8 Å². The Morgan fingerprint density at radius 2 is 1.83 bits per heavy atom. The van der Waals surface area contributed by atoms with Crippen molar-refractivity contribution in [1.82, 2.24) is 5.32 Å². The maximum absolute atomic E-state index is 10.2. The van der Waals surface area contributed by atoms with E-state index in [0.29, 0.717) is 11.5 Å². The molecule has 0 bridgehead atoms. The molecule has 1 aliphatic rings. The number of methoxy groups -OCH3 is 2. The van der Waals surface area contributed by atoms with Crippen LogP contribution in [0.2, 0.25) is 0 Å². The molecule has 0 amide bonds. The van der Waals surface area contributed by atoms with Crippen molar-refractivity contribution in [3.8, 4) is 17.2 Å². The third kappa shape index (κ3) is 3.06. The van der Waals surface area contributed by atoms with E-state index >= 15 is 0 Å². The Morgan fingerprint density at radius 1 is 1.08 bits per heavy atom. The van der Waals surface area contributed by atoms with Gasteiger partial charge in [0.2, 0.25) is 5.75 Å². The molecule has 0 aromatic heterocycles. The molecule has 1 aliphatic heterocycles. The standard InChI is InChI=1S/C20H25NO3/c1-12-7-15-5-6-21-17(16(15)8-13(12)2)9-14-10-18(22)20(24-4)19(11-14)23-3/h7-8,10-11,17,21-22H,5-6,9H2,1-4H3. The zero-order valence-corrected chi connectivity index (χ0v) is 14.8. The molecule has 0 radical (unpaired) electrons. The molecule has 0 aliphatic carbocycles. The summed E-state index contributed by atoms with van der Waals surface area (Å²) < 4.78 is 10.6. The highest BCUT2D eigenvalue weighted by Gasteiger charge is 2.22. The minimum absolute atomic E-state index is 0.114. The third-order valence-electron chi connectivity index (χ3n) is 4.87. The molecular weight excluding hydrogens is 302 g/mol. The molecule has 1 heterocycles. The fraction of sp³-hybridized carbons (Fsp3) is 0.400. The normalized spacial score (nSPS) is 16.6. The lowest BCUT2D eigenvalue weighted by Crippen LogP contribution is -2.31. The van der Waals surface area contributed by atoms with Crippen LogP contribution in [0.1, 0.15) is 33.9 Å². The molecule has 0 fully saturated rings. The summed E-state index contributed by atoms with van der Waals surface area (Å²) in [4.78, 5) is 0. The van der Waals surface area contributed by atoms with Gasteiger partial charge < -0.3 is 19.9 Å². The molecule has 4 nitrogen and oxygen atoms in total. The summed E-state index contributed by atoms with van der Waals surface area (Å²) in [6.07, 6.45) is 1.85. The van der Waals surface area contributed by atoms with Gasteiger partial charge in [-0.1, -0.05) is 12.1 Å². The summed E-state index contributed by atoms with van der Waals surface area (Å²) in [6, 6.07) is 8.55. The van der Waals surface area contributed by atoms with E-state index in [1.165, 1.54) is 29.4 Å². The SMILES string of the molecule is COc1cc(CC2NCCc3cc(C)c(C)cc32)cc(O)c1OC. The lowest BCUT2D eigenvalue weighted by atomic mass is 9.87. The van der Waals surface area contributed by atoms with Gasteiger partial charge in [0, 0.05) is 6.04 Å². The van der Waals surface area contributed by atoms with Crippen LogP contribution in [0.25, 0.3) is 0 Å². The van der Waals surface area contributed by atoms with E-state index in [1.807, 2.05) is 6.07 Å². The average Bonchev–Trinajstić information content (AvgIpc) is 2.56. The van der Waals surface area contributed by atoms with Gasteiger partial charge in [-0.15, -0.1) is 0 Å². The highest BCUT2D eigenvalue weighted by atomic mass is 16.5. The Labute approximate surface area is 143 Å². The van der Waals surface area contributed by atoms with E-state index < -0.39 is 0 Å². The van der Waals surface area contributed by atoms with Crippen LogP contribution >= 0.6 is 0 Å². The number of phenols is 1. The van der Waals surface area contributed by atoms with Crippen LogP contribution in [0.5, 0.6) is 17.2 Å². The van der Waals surface area contributed by atoms with E-state index in [-0.39, 0.29) is 11.8 Å².